The molecule has 0 aliphatic heterocycles. The zero-order chi connectivity index (χ0) is 20.8. The summed E-state index contributed by atoms with van der Waals surface area (Å²) in [6.45, 7) is 5.82. The highest BCUT2D eigenvalue weighted by Crippen LogP contribution is 2.37. The van der Waals surface area contributed by atoms with Gasteiger partial charge in [-0.05, 0) is 62.2 Å². The van der Waals surface area contributed by atoms with Crippen LogP contribution in [0.3, 0.4) is 0 Å². The van der Waals surface area contributed by atoms with Crippen molar-refractivity contribution < 1.29 is 9.59 Å². The third-order valence-electron chi connectivity index (χ3n) is 4.03. The highest BCUT2D eigenvalue weighted by Gasteiger charge is 2.15. The number of ketones is 1. The monoisotopic (exact) mass is 406 g/mol. The molecule has 6 nitrogen and oxygen atoms in total. The average Bonchev–Trinajstić information content (AvgIpc) is 3.09. The Bertz CT molecular complexity index is 1100. The second-order valence-electron chi connectivity index (χ2n) is 6.30. The van der Waals surface area contributed by atoms with E-state index in [9.17, 15) is 9.59 Å². The van der Waals surface area contributed by atoms with Gasteiger partial charge in [-0.15, -0.1) is 0 Å². The van der Waals surface area contributed by atoms with E-state index in [4.69, 9.17) is 0 Å². The molecule has 0 saturated carbocycles. The van der Waals surface area contributed by atoms with E-state index in [1.54, 1.807) is 12.3 Å². The molecular formula is C22H22N4O2S. The average molecular weight is 407 g/mol. The van der Waals surface area contributed by atoms with Gasteiger partial charge in [0.1, 0.15) is 0 Å². The minimum absolute atomic E-state index is 0.0329. The van der Waals surface area contributed by atoms with Crippen LogP contribution >= 0.6 is 11.3 Å². The van der Waals surface area contributed by atoms with Crippen molar-refractivity contribution in [2.75, 3.05) is 11.9 Å². The molecule has 0 spiro atoms. The van der Waals surface area contributed by atoms with E-state index in [1.165, 1.54) is 18.3 Å². The van der Waals surface area contributed by atoms with Gasteiger partial charge in [-0.2, -0.15) is 0 Å². The zero-order valence-electron chi connectivity index (χ0n) is 16.5. The normalized spacial score (nSPS) is 11.8. The van der Waals surface area contributed by atoms with Crippen LogP contribution < -0.4 is 10.6 Å². The van der Waals surface area contributed by atoms with Crippen molar-refractivity contribution in [3.8, 4) is 11.3 Å². The van der Waals surface area contributed by atoms with Gasteiger partial charge >= 0.3 is 6.03 Å². The van der Waals surface area contributed by atoms with Crippen LogP contribution in [0, 0.1) is 0 Å². The Hall–Kier alpha value is -3.32. The largest absolute Gasteiger partial charge is 0.338 e. The predicted molar refractivity (Wildman–Crippen MR) is 119 cm³/mol. The minimum atomic E-state index is -0.294. The summed E-state index contributed by atoms with van der Waals surface area (Å²) in [7, 11) is 0. The second-order valence-corrected chi connectivity index (χ2v) is 7.30. The lowest BCUT2D eigenvalue weighted by Gasteiger charge is -2.08. The molecule has 1 aromatic carbocycles. The molecule has 7 heteroatoms. The van der Waals surface area contributed by atoms with Gasteiger partial charge in [0.05, 0.1) is 15.9 Å². The van der Waals surface area contributed by atoms with Crippen LogP contribution in [0.15, 0.2) is 54.8 Å². The number of aromatic nitrogens is 2. The molecule has 0 aliphatic rings. The lowest BCUT2D eigenvalue weighted by Crippen LogP contribution is -2.28. The van der Waals surface area contributed by atoms with Gasteiger partial charge in [-0.1, -0.05) is 29.6 Å². The fraction of sp³-hybridized carbons (Fsp3) is 0.182. The molecule has 2 N–H and O–H groups in total. The summed E-state index contributed by atoms with van der Waals surface area (Å²) in [5, 5.41) is 5.98. The quantitative estimate of drug-likeness (QED) is 0.443. The first-order valence-electron chi connectivity index (χ1n) is 9.28. The Labute approximate surface area is 173 Å². The number of carbonyl (C=O) groups excluding carboxylic acids is 2. The molecule has 29 heavy (non-hydrogen) atoms. The third-order valence-corrected chi connectivity index (χ3v) is 5.05. The van der Waals surface area contributed by atoms with E-state index in [0.717, 1.165) is 32.6 Å². The molecule has 0 aliphatic carbocycles. The first kappa shape index (κ1) is 20.4. The Morgan fingerprint density at radius 3 is 2.72 bits per heavy atom. The molecule has 0 radical (unpaired) electrons. The van der Waals surface area contributed by atoms with Gasteiger partial charge in [0, 0.05) is 18.3 Å². The zero-order valence-corrected chi connectivity index (χ0v) is 17.3. The standard InChI is InChI=1S/C22H22N4O2S/c1-4-8-15(11-14(3)27)16-12-17(18-9-6-7-10-24-18)20-19(13-16)25-22(29-20)26-21(28)23-5-2/h4,6-13H,5H2,1-3H3,(H2,23,25,26,28)/b8-4-,15-11+. The number of rotatable bonds is 6. The van der Waals surface area contributed by atoms with Crippen molar-refractivity contribution in [1.82, 2.24) is 15.3 Å². The number of fused-ring (bicyclic) bond motifs is 1. The van der Waals surface area contributed by atoms with Crippen molar-refractivity contribution in [2.24, 2.45) is 0 Å². The van der Waals surface area contributed by atoms with Crippen LogP contribution in [0.4, 0.5) is 9.93 Å². The predicted octanol–water partition coefficient (Wildman–Crippen LogP) is 5.05. The summed E-state index contributed by atoms with van der Waals surface area (Å²) < 4.78 is 0.918. The SMILES string of the molecule is C/C=C\C(=C/C(C)=O)c1cc(-c2ccccn2)c2sc(NC(=O)NCC)nc2c1. The third kappa shape index (κ3) is 4.94. The van der Waals surface area contributed by atoms with E-state index in [2.05, 4.69) is 20.6 Å². The summed E-state index contributed by atoms with van der Waals surface area (Å²) in [5.74, 6) is -0.0329. The smallest absolute Gasteiger partial charge is 0.321 e. The van der Waals surface area contributed by atoms with Gasteiger partial charge in [-0.25, -0.2) is 9.78 Å². The molecule has 0 unspecified atom stereocenters. The molecule has 3 rings (SSSR count). The lowest BCUT2D eigenvalue weighted by molar-refractivity contribution is -0.112. The number of nitrogens with zero attached hydrogens (tertiary/aromatic N) is 2. The number of carbonyl (C=O) groups is 2. The number of anilines is 1. The van der Waals surface area contributed by atoms with Crippen molar-refractivity contribution >= 4 is 44.1 Å². The van der Waals surface area contributed by atoms with Crippen LogP contribution in [-0.2, 0) is 4.79 Å². The molecule has 0 atom stereocenters. The minimum Gasteiger partial charge on any atom is -0.338 e. The van der Waals surface area contributed by atoms with Crippen molar-refractivity contribution in [3.05, 3.63) is 60.3 Å². The van der Waals surface area contributed by atoms with Crippen LogP contribution in [0.1, 0.15) is 26.3 Å². The molecule has 2 aromatic heterocycles. The van der Waals surface area contributed by atoms with Crippen LogP contribution in [0.5, 0.6) is 0 Å². The van der Waals surface area contributed by atoms with E-state index >= 15 is 0 Å². The second kappa shape index (κ2) is 9.25. The number of nitrogens with one attached hydrogen (secondary N) is 2. The topological polar surface area (TPSA) is 84.0 Å². The number of hydrogen-bond acceptors (Lipinski definition) is 5. The molecule has 2 heterocycles. The molecular weight excluding hydrogens is 384 g/mol. The number of urea groups is 1. The number of allylic oxidation sites excluding steroid dienone is 4. The van der Waals surface area contributed by atoms with E-state index in [0.29, 0.717) is 11.7 Å². The summed E-state index contributed by atoms with van der Waals surface area (Å²) in [4.78, 5) is 32.7. The molecule has 2 amide bonds. The molecule has 0 saturated heterocycles. The van der Waals surface area contributed by atoms with Gasteiger partial charge in [0.2, 0.25) is 0 Å². The molecule has 0 bridgehead atoms. The molecule has 3 aromatic rings. The number of amides is 2. The van der Waals surface area contributed by atoms with Crippen LogP contribution in [0.2, 0.25) is 0 Å². The van der Waals surface area contributed by atoms with Crippen molar-refractivity contribution in [3.63, 3.8) is 0 Å². The summed E-state index contributed by atoms with van der Waals surface area (Å²) in [6, 6.07) is 9.36. The van der Waals surface area contributed by atoms with E-state index < -0.39 is 0 Å². The first-order chi connectivity index (χ1) is 14.0. The Morgan fingerprint density at radius 1 is 1.24 bits per heavy atom. The number of benzene rings is 1. The van der Waals surface area contributed by atoms with Gasteiger partial charge in [0.25, 0.3) is 0 Å². The molecule has 148 valence electrons. The number of thiazole rings is 1. The molecule has 0 fully saturated rings. The van der Waals surface area contributed by atoms with Crippen molar-refractivity contribution in [2.45, 2.75) is 20.8 Å². The van der Waals surface area contributed by atoms with E-state index in [1.807, 2.05) is 56.3 Å². The number of hydrogen-bond donors (Lipinski definition) is 2. The maximum absolute atomic E-state index is 11.9. The summed E-state index contributed by atoms with van der Waals surface area (Å²) >= 11 is 1.39. The van der Waals surface area contributed by atoms with Gasteiger partial charge < -0.3 is 5.32 Å². The van der Waals surface area contributed by atoms with Gasteiger partial charge in [-0.3, -0.25) is 15.1 Å². The van der Waals surface area contributed by atoms with Crippen LogP contribution in [-0.4, -0.2) is 28.3 Å². The van der Waals surface area contributed by atoms with Crippen molar-refractivity contribution in [1.29, 1.82) is 0 Å². The fourth-order valence-corrected chi connectivity index (χ4v) is 3.86. The Balaban J connectivity index is 2.19. The van der Waals surface area contributed by atoms with Gasteiger partial charge in [0.15, 0.2) is 10.9 Å². The highest BCUT2D eigenvalue weighted by molar-refractivity contribution is 7.22. The fourth-order valence-electron chi connectivity index (χ4n) is 2.89. The maximum Gasteiger partial charge on any atom is 0.321 e. The summed E-state index contributed by atoms with van der Waals surface area (Å²) in [5.41, 5.74) is 4.10. The Morgan fingerprint density at radius 2 is 2.07 bits per heavy atom. The van der Waals surface area contributed by atoms with Crippen LogP contribution in [0.25, 0.3) is 27.0 Å². The maximum atomic E-state index is 11.9. The first-order valence-corrected chi connectivity index (χ1v) is 10.1. The number of pyridine rings is 1. The lowest BCUT2D eigenvalue weighted by atomic mass is 9.99. The highest BCUT2D eigenvalue weighted by atomic mass is 32.1. The van der Waals surface area contributed by atoms with E-state index in [-0.39, 0.29) is 11.8 Å². The summed E-state index contributed by atoms with van der Waals surface area (Å²) in [6.07, 6.45) is 7.12. The Kier molecular flexibility index (Phi) is 6.51.